The minimum Gasteiger partial charge on any atom is -0.481 e. The van der Waals surface area contributed by atoms with Crippen molar-refractivity contribution < 1.29 is 4.74 Å². The fourth-order valence-electron chi connectivity index (χ4n) is 2.82. The summed E-state index contributed by atoms with van der Waals surface area (Å²) < 4.78 is 5.11. The third-order valence-corrected chi connectivity index (χ3v) is 3.96. The number of pyridine rings is 1. The molecular weight excluding hydrogens is 252 g/mol. The van der Waals surface area contributed by atoms with Gasteiger partial charge in [-0.25, -0.2) is 4.98 Å². The molecule has 0 radical (unpaired) electrons. The van der Waals surface area contributed by atoms with E-state index in [9.17, 15) is 0 Å². The zero-order chi connectivity index (χ0) is 14.4. The summed E-state index contributed by atoms with van der Waals surface area (Å²) in [6.45, 7) is 8.48. The van der Waals surface area contributed by atoms with E-state index in [1.807, 2.05) is 12.3 Å². The Morgan fingerprint density at radius 1 is 1.30 bits per heavy atom. The molecule has 5 heteroatoms. The van der Waals surface area contributed by atoms with Crippen LogP contribution >= 0.6 is 0 Å². The van der Waals surface area contributed by atoms with Crippen LogP contribution in [0.5, 0.6) is 5.88 Å². The Morgan fingerprint density at radius 2 is 2.05 bits per heavy atom. The predicted molar refractivity (Wildman–Crippen MR) is 80.9 cm³/mol. The number of hydrogen-bond donors (Lipinski definition) is 1. The van der Waals surface area contributed by atoms with Crippen molar-refractivity contribution in [3.05, 3.63) is 23.9 Å². The molecule has 0 aliphatic carbocycles. The van der Waals surface area contributed by atoms with Gasteiger partial charge in [-0.05, 0) is 18.5 Å². The molecule has 0 amide bonds. The van der Waals surface area contributed by atoms with E-state index in [4.69, 9.17) is 10.5 Å². The summed E-state index contributed by atoms with van der Waals surface area (Å²) in [7, 11) is 1.63. The van der Waals surface area contributed by atoms with Crippen molar-refractivity contribution in [3.63, 3.8) is 0 Å². The van der Waals surface area contributed by atoms with E-state index >= 15 is 0 Å². The molecule has 2 rings (SSSR count). The number of nitrogens with zero attached hydrogens (tertiary/aromatic N) is 3. The zero-order valence-corrected chi connectivity index (χ0v) is 12.6. The average molecular weight is 278 g/mol. The van der Waals surface area contributed by atoms with Gasteiger partial charge in [-0.3, -0.25) is 4.90 Å². The molecule has 0 bridgehead atoms. The standard InChI is InChI=1S/C15H26N4O/c1-3-6-18-7-9-19(10-8-18)14(11-16)13-4-5-15(20-2)17-12-13/h4-5,12,14H,3,6-11,16H2,1-2H3. The highest BCUT2D eigenvalue weighted by Gasteiger charge is 2.23. The topological polar surface area (TPSA) is 54.6 Å². The molecule has 1 aliphatic heterocycles. The van der Waals surface area contributed by atoms with E-state index in [1.54, 1.807) is 7.11 Å². The highest BCUT2D eigenvalue weighted by atomic mass is 16.5. The van der Waals surface area contributed by atoms with Crippen molar-refractivity contribution in [2.24, 2.45) is 5.73 Å². The Kier molecular flexibility index (Phi) is 5.76. The van der Waals surface area contributed by atoms with Crippen molar-refractivity contribution >= 4 is 0 Å². The second-order valence-electron chi connectivity index (χ2n) is 5.26. The second kappa shape index (κ2) is 7.57. The lowest BCUT2D eigenvalue weighted by atomic mass is 10.1. The summed E-state index contributed by atoms with van der Waals surface area (Å²) in [6, 6.07) is 4.24. The van der Waals surface area contributed by atoms with E-state index in [1.165, 1.54) is 18.5 Å². The second-order valence-corrected chi connectivity index (χ2v) is 5.26. The maximum atomic E-state index is 5.99. The highest BCUT2D eigenvalue weighted by Crippen LogP contribution is 2.22. The molecule has 1 saturated heterocycles. The van der Waals surface area contributed by atoms with Gasteiger partial charge in [-0.15, -0.1) is 0 Å². The number of nitrogens with two attached hydrogens (primary N) is 1. The Hall–Kier alpha value is -1.17. The Morgan fingerprint density at radius 3 is 2.55 bits per heavy atom. The van der Waals surface area contributed by atoms with Crippen LogP contribution in [0.4, 0.5) is 0 Å². The van der Waals surface area contributed by atoms with Crippen LogP contribution in [0, 0.1) is 0 Å². The van der Waals surface area contributed by atoms with Crippen LogP contribution in [-0.2, 0) is 0 Å². The largest absolute Gasteiger partial charge is 0.481 e. The summed E-state index contributed by atoms with van der Waals surface area (Å²) in [6.07, 6.45) is 3.11. The third kappa shape index (κ3) is 3.69. The Balaban J connectivity index is 1.97. The predicted octanol–water partition coefficient (Wildman–Crippen LogP) is 1.12. The molecule has 0 saturated carbocycles. The van der Waals surface area contributed by atoms with Crippen LogP contribution in [0.25, 0.3) is 0 Å². The van der Waals surface area contributed by atoms with E-state index in [-0.39, 0.29) is 6.04 Å². The number of methoxy groups -OCH3 is 1. The number of aromatic nitrogens is 1. The van der Waals surface area contributed by atoms with Crippen LogP contribution in [0.1, 0.15) is 24.9 Å². The molecule has 112 valence electrons. The van der Waals surface area contributed by atoms with Crippen LogP contribution in [-0.4, -0.2) is 61.2 Å². The highest BCUT2D eigenvalue weighted by molar-refractivity contribution is 5.21. The molecule has 2 N–H and O–H groups in total. The molecule has 1 unspecified atom stereocenters. The number of rotatable bonds is 6. The molecule has 1 fully saturated rings. The summed E-state index contributed by atoms with van der Waals surface area (Å²) in [5.74, 6) is 0.650. The molecule has 1 aliphatic rings. The lowest BCUT2D eigenvalue weighted by Crippen LogP contribution is -2.49. The normalized spacial score (nSPS) is 18.9. The molecule has 1 aromatic heterocycles. The molecule has 5 nitrogen and oxygen atoms in total. The molecule has 20 heavy (non-hydrogen) atoms. The van der Waals surface area contributed by atoms with Crippen molar-refractivity contribution in [1.82, 2.24) is 14.8 Å². The molecule has 2 heterocycles. The maximum Gasteiger partial charge on any atom is 0.212 e. The fraction of sp³-hybridized carbons (Fsp3) is 0.667. The lowest BCUT2D eigenvalue weighted by molar-refractivity contribution is 0.0984. The van der Waals surface area contributed by atoms with Crippen molar-refractivity contribution in [3.8, 4) is 5.88 Å². The first-order chi connectivity index (χ1) is 9.78. The van der Waals surface area contributed by atoms with Gasteiger partial charge in [0.05, 0.1) is 7.11 Å². The van der Waals surface area contributed by atoms with Gasteiger partial charge in [-0.1, -0.05) is 13.0 Å². The average Bonchev–Trinajstić information content (AvgIpc) is 2.51. The van der Waals surface area contributed by atoms with Crippen LogP contribution in [0.3, 0.4) is 0 Å². The van der Waals surface area contributed by atoms with Crippen LogP contribution < -0.4 is 10.5 Å². The maximum absolute atomic E-state index is 5.99. The minimum atomic E-state index is 0.261. The molecule has 1 aromatic rings. The van der Waals surface area contributed by atoms with E-state index in [0.29, 0.717) is 12.4 Å². The van der Waals surface area contributed by atoms with Crippen molar-refractivity contribution in [2.45, 2.75) is 19.4 Å². The molecule has 1 atom stereocenters. The smallest absolute Gasteiger partial charge is 0.212 e. The quantitative estimate of drug-likeness (QED) is 0.845. The lowest BCUT2D eigenvalue weighted by Gasteiger charge is -2.39. The van der Waals surface area contributed by atoms with Gasteiger partial charge in [0.15, 0.2) is 0 Å². The number of piperazine rings is 1. The van der Waals surface area contributed by atoms with Crippen molar-refractivity contribution in [1.29, 1.82) is 0 Å². The minimum absolute atomic E-state index is 0.261. The first-order valence-electron chi connectivity index (χ1n) is 7.45. The third-order valence-electron chi connectivity index (χ3n) is 3.96. The summed E-state index contributed by atoms with van der Waals surface area (Å²) >= 11 is 0. The van der Waals surface area contributed by atoms with E-state index in [0.717, 1.165) is 26.2 Å². The first-order valence-corrected chi connectivity index (χ1v) is 7.45. The Bertz CT molecular complexity index is 387. The van der Waals surface area contributed by atoms with E-state index in [2.05, 4.69) is 27.8 Å². The number of hydrogen-bond acceptors (Lipinski definition) is 5. The Labute approximate surface area is 121 Å². The van der Waals surface area contributed by atoms with Gasteiger partial charge in [0.1, 0.15) is 0 Å². The molecule has 0 spiro atoms. The first kappa shape index (κ1) is 15.2. The summed E-state index contributed by atoms with van der Waals surface area (Å²) in [5, 5.41) is 0. The fourth-order valence-corrected chi connectivity index (χ4v) is 2.82. The molecular formula is C15H26N4O. The summed E-state index contributed by atoms with van der Waals surface area (Å²) in [4.78, 5) is 9.28. The SMILES string of the molecule is CCCN1CCN(C(CN)c2ccc(OC)nc2)CC1. The van der Waals surface area contributed by atoms with Gasteiger partial charge in [-0.2, -0.15) is 0 Å². The summed E-state index contributed by atoms with van der Waals surface area (Å²) in [5.41, 5.74) is 7.16. The molecule has 0 aromatic carbocycles. The van der Waals surface area contributed by atoms with Gasteiger partial charge in [0.2, 0.25) is 5.88 Å². The van der Waals surface area contributed by atoms with Crippen molar-refractivity contribution in [2.75, 3.05) is 46.4 Å². The van der Waals surface area contributed by atoms with Gasteiger partial charge >= 0.3 is 0 Å². The van der Waals surface area contributed by atoms with Gasteiger partial charge in [0, 0.05) is 51.0 Å². The van der Waals surface area contributed by atoms with Gasteiger partial charge in [0.25, 0.3) is 0 Å². The van der Waals surface area contributed by atoms with Crippen LogP contribution in [0.15, 0.2) is 18.3 Å². The zero-order valence-electron chi connectivity index (χ0n) is 12.6. The monoisotopic (exact) mass is 278 g/mol. The van der Waals surface area contributed by atoms with Gasteiger partial charge < -0.3 is 15.4 Å². The van der Waals surface area contributed by atoms with Crippen LogP contribution in [0.2, 0.25) is 0 Å². The number of ether oxygens (including phenoxy) is 1. The van der Waals surface area contributed by atoms with E-state index < -0.39 is 0 Å².